The van der Waals surface area contributed by atoms with Crippen molar-refractivity contribution in [1.82, 2.24) is 5.32 Å². The fourth-order valence-electron chi connectivity index (χ4n) is 2.88. The molecule has 0 aromatic heterocycles. The van der Waals surface area contributed by atoms with E-state index in [1.54, 1.807) is 6.92 Å². The van der Waals surface area contributed by atoms with Gasteiger partial charge in [-0.15, -0.1) is 0 Å². The van der Waals surface area contributed by atoms with Gasteiger partial charge in [0.05, 0.1) is 24.8 Å². The molecule has 0 spiro atoms. The van der Waals surface area contributed by atoms with E-state index in [-0.39, 0.29) is 29.5 Å². The fraction of sp³-hybridized carbons (Fsp3) is 0.500. The third-order valence-corrected chi connectivity index (χ3v) is 4.26. The van der Waals surface area contributed by atoms with Gasteiger partial charge in [0, 0.05) is 23.6 Å². The fourth-order valence-corrected chi connectivity index (χ4v) is 3.10. The number of halogens is 2. The molecule has 0 aliphatic carbocycles. The van der Waals surface area contributed by atoms with Crippen molar-refractivity contribution in [3.8, 4) is 5.75 Å². The lowest BCUT2D eigenvalue weighted by atomic mass is 9.86. The first-order valence-corrected chi connectivity index (χ1v) is 7.89. The highest BCUT2D eigenvalue weighted by molar-refractivity contribution is 6.31. The smallest absolute Gasteiger partial charge is 0.318 e. The molecule has 132 valence electrons. The van der Waals surface area contributed by atoms with Crippen LogP contribution in [0, 0.1) is 11.7 Å². The van der Waals surface area contributed by atoms with Crippen LogP contribution in [0.5, 0.6) is 5.75 Å². The van der Waals surface area contributed by atoms with Gasteiger partial charge in [0.25, 0.3) is 0 Å². The normalized spacial score (nSPS) is 21.3. The molecule has 1 saturated heterocycles. The van der Waals surface area contributed by atoms with Crippen molar-refractivity contribution < 1.29 is 28.6 Å². The summed E-state index contributed by atoms with van der Waals surface area (Å²) in [4.78, 5) is 23.9. The Balaban J connectivity index is 2.67. The quantitative estimate of drug-likeness (QED) is 0.620. The molecular weight excluding hydrogens is 341 g/mol. The van der Waals surface area contributed by atoms with Crippen LogP contribution < -0.4 is 10.1 Å². The van der Waals surface area contributed by atoms with E-state index in [1.807, 2.05) is 0 Å². The molecule has 2 rings (SSSR count). The van der Waals surface area contributed by atoms with Crippen molar-refractivity contribution >= 4 is 23.5 Å². The summed E-state index contributed by atoms with van der Waals surface area (Å²) in [7, 11) is 1.16. The topological polar surface area (TPSA) is 84.9 Å². The summed E-state index contributed by atoms with van der Waals surface area (Å²) in [5.74, 6) is -4.04. The average molecular weight is 360 g/mol. The maximum Gasteiger partial charge on any atom is 0.318 e. The molecule has 0 bridgehead atoms. The van der Waals surface area contributed by atoms with Crippen molar-refractivity contribution in [2.45, 2.75) is 25.9 Å². The minimum Gasteiger partial charge on any atom is -0.493 e. The number of ether oxygens (including phenoxy) is 2. The number of rotatable bonds is 5. The lowest BCUT2D eigenvalue weighted by Crippen LogP contribution is -2.28. The first-order valence-electron chi connectivity index (χ1n) is 7.51. The van der Waals surface area contributed by atoms with Gasteiger partial charge in [-0.25, -0.2) is 4.39 Å². The first-order chi connectivity index (χ1) is 11.3. The van der Waals surface area contributed by atoms with Crippen molar-refractivity contribution in [3.63, 3.8) is 0 Å². The molecule has 1 aliphatic rings. The molecule has 3 atom stereocenters. The lowest BCUT2D eigenvalue weighted by Gasteiger charge is -2.23. The Hall–Kier alpha value is -1.86. The van der Waals surface area contributed by atoms with Crippen LogP contribution in [0.15, 0.2) is 6.07 Å². The summed E-state index contributed by atoms with van der Waals surface area (Å²) in [6, 6.07) is 1.29. The Morgan fingerprint density at radius 2 is 2.25 bits per heavy atom. The molecule has 2 N–H and O–H groups in total. The van der Waals surface area contributed by atoms with Crippen LogP contribution in [-0.2, 0) is 14.3 Å². The second-order valence-electron chi connectivity index (χ2n) is 5.47. The summed E-state index contributed by atoms with van der Waals surface area (Å²) >= 11 is 5.95. The Morgan fingerprint density at radius 3 is 2.79 bits per heavy atom. The van der Waals surface area contributed by atoms with Crippen LogP contribution >= 0.6 is 11.6 Å². The van der Waals surface area contributed by atoms with Gasteiger partial charge in [-0.1, -0.05) is 11.6 Å². The zero-order chi connectivity index (χ0) is 18.0. The number of nitrogens with one attached hydrogen (secondary N) is 1. The van der Waals surface area contributed by atoms with Crippen LogP contribution in [0.3, 0.4) is 0 Å². The highest BCUT2D eigenvalue weighted by atomic mass is 35.5. The Labute approximate surface area is 143 Å². The molecule has 1 aromatic carbocycles. The molecule has 0 saturated carbocycles. The monoisotopic (exact) mass is 359 g/mol. The van der Waals surface area contributed by atoms with Crippen molar-refractivity contribution in [3.05, 3.63) is 28.0 Å². The molecule has 1 heterocycles. The van der Waals surface area contributed by atoms with Crippen LogP contribution in [0.4, 0.5) is 4.39 Å². The second kappa shape index (κ2) is 7.36. The van der Waals surface area contributed by atoms with Gasteiger partial charge < -0.3 is 19.9 Å². The van der Waals surface area contributed by atoms with E-state index in [2.05, 4.69) is 10.1 Å². The van der Waals surface area contributed by atoms with Crippen molar-refractivity contribution in [2.24, 2.45) is 5.92 Å². The van der Waals surface area contributed by atoms with Gasteiger partial charge in [0.1, 0.15) is 17.5 Å². The van der Waals surface area contributed by atoms with Gasteiger partial charge in [-0.3, -0.25) is 9.59 Å². The SMILES string of the molecule is CCOc1c(C(C)O)cc(Cl)c(F)c1[C@@H]1CNC(=O)C1C(=O)OC. The number of methoxy groups -OCH3 is 1. The second-order valence-corrected chi connectivity index (χ2v) is 5.87. The third kappa shape index (κ3) is 3.18. The Morgan fingerprint density at radius 1 is 1.58 bits per heavy atom. The van der Waals surface area contributed by atoms with E-state index in [0.717, 1.165) is 7.11 Å². The number of carbonyl (C=O) groups excluding carboxylic acids is 2. The molecule has 1 amide bonds. The van der Waals surface area contributed by atoms with Gasteiger partial charge in [0.15, 0.2) is 0 Å². The summed E-state index contributed by atoms with van der Waals surface area (Å²) in [5, 5.41) is 12.3. The first kappa shape index (κ1) is 18.5. The van der Waals surface area contributed by atoms with Crippen LogP contribution in [0.2, 0.25) is 5.02 Å². The van der Waals surface area contributed by atoms with E-state index in [9.17, 15) is 19.1 Å². The number of hydrogen-bond donors (Lipinski definition) is 2. The largest absolute Gasteiger partial charge is 0.493 e. The van der Waals surface area contributed by atoms with Gasteiger partial charge >= 0.3 is 5.97 Å². The molecule has 24 heavy (non-hydrogen) atoms. The molecule has 8 heteroatoms. The van der Waals surface area contributed by atoms with E-state index >= 15 is 0 Å². The lowest BCUT2D eigenvalue weighted by molar-refractivity contribution is -0.149. The Kier molecular flexibility index (Phi) is 5.66. The Bertz CT molecular complexity index is 664. The van der Waals surface area contributed by atoms with Crippen LogP contribution in [-0.4, -0.2) is 37.2 Å². The molecule has 2 unspecified atom stereocenters. The van der Waals surface area contributed by atoms with E-state index in [1.165, 1.54) is 13.0 Å². The van der Waals surface area contributed by atoms with Crippen LogP contribution in [0.25, 0.3) is 0 Å². The zero-order valence-electron chi connectivity index (χ0n) is 13.6. The van der Waals surface area contributed by atoms with Gasteiger partial charge in [-0.05, 0) is 19.9 Å². The van der Waals surface area contributed by atoms with Crippen LogP contribution in [0.1, 0.15) is 37.0 Å². The third-order valence-electron chi connectivity index (χ3n) is 3.98. The van der Waals surface area contributed by atoms with Crippen molar-refractivity contribution in [1.29, 1.82) is 0 Å². The summed E-state index contributed by atoms with van der Waals surface area (Å²) < 4.78 is 24.9. The summed E-state index contributed by atoms with van der Waals surface area (Å²) in [6.07, 6.45) is -0.968. The number of esters is 1. The van der Waals surface area contributed by atoms with Crippen molar-refractivity contribution in [2.75, 3.05) is 20.3 Å². The van der Waals surface area contributed by atoms with E-state index in [4.69, 9.17) is 16.3 Å². The van der Waals surface area contributed by atoms with Gasteiger partial charge in [-0.2, -0.15) is 0 Å². The highest BCUT2D eigenvalue weighted by Crippen LogP contribution is 2.43. The molecular formula is C16H19ClFNO5. The number of carbonyl (C=O) groups is 2. The number of amides is 1. The minimum atomic E-state index is -1.20. The number of aliphatic hydroxyl groups excluding tert-OH is 1. The molecule has 1 aliphatic heterocycles. The highest BCUT2D eigenvalue weighted by Gasteiger charge is 2.45. The minimum absolute atomic E-state index is 0.00556. The molecule has 1 fully saturated rings. The zero-order valence-corrected chi connectivity index (χ0v) is 14.3. The standard InChI is InChI=1S/C16H19ClFNO5/c1-4-24-14-8(7(2)20)5-10(17)13(18)11(14)9-6-19-15(21)12(9)16(22)23-3/h5,7,9,12,20H,4,6H2,1-3H3,(H,19,21)/t7?,9-,12?/m0/s1. The average Bonchev–Trinajstić information content (AvgIpc) is 2.91. The molecule has 6 nitrogen and oxygen atoms in total. The predicted molar refractivity (Wildman–Crippen MR) is 84.5 cm³/mol. The van der Waals surface area contributed by atoms with Gasteiger partial charge in [0.2, 0.25) is 5.91 Å². The summed E-state index contributed by atoms with van der Waals surface area (Å²) in [6.45, 7) is 3.45. The maximum atomic E-state index is 14.8. The number of hydrogen-bond acceptors (Lipinski definition) is 5. The van der Waals surface area contributed by atoms with E-state index < -0.39 is 35.6 Å². The molecule has 0 radical (unpaired) electrons. The number of benzene rings is 1. The molecule has 1 aromatic rings. The predicted octanol–water partition coefficient (Wildman–Crippen LogP) is 1.93. The summed E-state index contributed by atoms with van der Waals surface area (Å²) in [5.41, 5.74) is 0.287. The maximum absolute atomic E-state index is 14.8. The number of aliphatic hydroxyl groups is 1. The van der Waals surface area contributed by atoms with E-state index in [0.29, 0.717) is 5.56 Å².